The summed E-state index contributed by atoms with van der Waals surface area (Å²) in [4.78, 5) is 26.9. The van der Waals surface area contributed by atoms with Crippen molar-refractivity contribution in [3.63, 3.8) is 0 Å². The van der Waals surface area contributed by atoms with Crippen molar-refractivity contribution < 1.29 is 9.53 Å². The number of nitrogens with zero attached hydrogens (tertiary/aromatic N) is 7. The van der Waals surface area contributed by atoms with Gasteiger partial charge in [-0.25, -0.2) is 10.1 Å². The Morgan fingerprint density at radius 2 is 2.06 bits per heavy atom. The second kappa shape index (κ2) is 8.71. The fraction of sp³-hybridized carbons (Fsp3) is 0.591. The smallest absolute Gasteiger partial charge is 0.327 e. The topological polar surface area (TPSA) is 110 Å². The number of hydrogen-bond donors (Lipinski definition) is 2. The quantitative estimate of drug-likeness (QED) is 0.588. The number of nitrogens with one attached hydrogen (secondary N) is 2. The maximum Gasteiger partial charge on any atom is 0.327 e. The molecular weight excluding hydrogens is 422 g/mol. The Morgan fingerprint density at radius 3 is 2.76 bits per heavy atom. The summed E-state index contributed by atoms with van der Waals surface area (Å²) in [5.74, 6) is -0.266. The van der Waals surface area contributed by atoms with E-state index < -0.39 is 12.0 Å². The average Bonchev–Trinajstić information content (AvgIpc) is 3.55. The standard InChI is InChI=1S/C22H31N9O2/c1-4-5-6-7-18-25-19-20(30-14-23-13-24-30)29(12-16-8-10-17(33-3)11-9-16)21(32)31-15(2)27-28-22(19,31)26-18/h8-11,13,15,18,20,26H,4-7,12,14H2,1-3H3,(H,23,24). The van der Waals surface area contributed by atoms with E-state index in [1.807, 2.05) is 41.1 Å². The Morgan fingerprint density at radius 1 is 1.24 bits per heavy atom. The molecular formula is C22H31N9O2. The van der Waals surface area contributed by atoms with Crippen molar-refractivity contribution in [2.75, 3.05) is 13.8 Å². The van der Waals surface area contributed by atoms with Crippen LogP contribution in [0.4, 0.5) is 4.79 Å². The zero-order valence-corrected chi connectivity index (χ0v) is 19.3. The molecule has 0 radical (unpaired) electrons. The third kappa shape index (κ3) is 3.65. The van der Waals surface area contributed by atoms with Crippen LogP contribution in [-0.2, 0) is 6.54 Å². The minimum Gasteiger partial charge on any atom is -0.497 e. The molecule has 11 heteroatoms. The van der Waals surface area contributed by atoms with Gasteiger partial charge in [-0.05, 0) is 37.5 Å². The lowest BCUT2D eigenvalue weighted by Gasteiger charge is -2.49. The van der Waals surface area contributed by atoms with E-state index in [9.17, 15) is 4.79 Å². The van der Waals surface area contributed by atoms with E-state index in [2.05, 4.69) is 32.9 Å². The third-order valence-corrected chi connectivity index (χ3v) is 6.54. The van der Waals surface area contributed by atoms with Crippen LogP contribution in [0.3, 0.4) is 0 Å². The summed E-state index contributed by atoms with van der Waals surface area (Å²) in [6, 6.07) is 7.62. The SMILES string of the molecule is CCCCCC1N=C2C(N3CN=CN3)N(Cc3ccc(OC)cc3)C(=O)N3C(C)N=NC23N1. The lowest BCUT2D eigenvalue weighted by atomic mass is 10.0. The van der Waals surface area contributed by atoms with Gasteiger partial charge in [-0.1, -0.05) is 31.9 Å². The Hall–Kier alpha value is -3.05. The number of methoxy groups -OCH3 is 1. The van der Waals surface area contributed by atoms with Gasteiger partial charge < -0.3 is 10.2 Å². The highest BCUT2D eigenvalue weighted by atomic mass is 16.5. The number of hydrazine groups is 1. The van der Waals surface area contributed by atoms with Gasteiger partial charge in [0.25, 0.3) is 5.79 Å². The predicted molar refractivity (Wildman–Crippen MR) is 123 cm³/mol. The van der Waals surface area contributed by atoms with Crippen molar-refractivity contribution in [3.8, 4) is 5.75 Å². The molecule has 1 fully saturated rings. The number of azo groups is 1. The number of amides is 2. The predicted octanol–water partition coefficient (Wildman–Crippen LogP) is 2.48. The highest BCUT2D eigenvalue weighted by molar-refractivity contribution is 6.06. The van der Waals surface area contributed by atoms with E-state index in [0.29, 0.717) is 13.2 Å². The highest BCUT2D eigenvalue weighted by Gasteiger charge is 2.64. The molecule has 0 bridgehead atoms. The monoisotopic (exact) mass is 453 g/mol. The minimum absolute atomic E-state index is 0.113. The number of aliphatic imine (C=N–C) groups is 2. The van der Waals surface area contributed by atoms with Gasteiger partial charge in [0.1, 0.15) is 30.5 Å². The van der Waals surface area contributed by atoms with Gasteiger partial charge in [-0.2, -0.15) is 10.1 Å². The third-order valence-electron chi connectivity index (χ3n) is 6.54. The Balaban J connectivity index is 1.51. The summed E-state index contributed by atoms with van der Waals surface area (Å²) in [5.41, 5.74) is 4.95. The van der Waals surface area contributed by atoms with Crippen LogP contribution in [0.2, 0.25) is 0 Å². The van der Waals surface area contributed by atoms with Gasteiger partial charge >= 0.3 is 6.03 Å². The molecule has 0 aromatic heterocycles. The number of carbonyl (C=O) groups excluding carboxylic acids is 1. The Kier molecular flexibility index (Phi) is 5.75. The molecule has 1 aromatic carbocycles. The second-order valence-corrected chi connectivity index (χ2v) is 8.74. The second-order valence-electron chi connectivity index (χ2n) is 8.74. The van der Waals surface area contributed by atoms with E-state index >= 15 is 0 Å². The highest BCUT2D eigenvalue weighted by Crippen LogP contribution is 2.40. The van der Waals surface area contributed by atoms with E-state index in [1.54, 1.807) is 18.3 Å². The number of hydrogen-bond acceptors (Lipinski definition) is 9. The number of ether oxygens (including phenoxy) is 1. The molecule has 11 nitrogen and oxygen atoms in total. The largest absolute Gasteiger partial charge is 0.497 e. The molecule has 0 aliphatic carbocycles. The van der Waals surface area contributed by atoms with Gasteiger partial charge in [0.2, 0.25) is 0 Å². The van der Waals surface area contributed by atoms with E-state index in [0.717, 1.165) is 42.7 Å². The Labute approximate surface area is 193 Å². The summed E-state index contributed by atoms with van der Waals surface area (Å²) in [7, 11) is 1.64. The van der Waals surface area contributed by atoms with Gasteiger partial charge in [0, 0.05) is 6.54 Å². The maximum atomic E-state index is 13.9. The molecule has 4 aliphatic rings. The molecule has 2 N–H and O–H groups in total. The number of rotatable bonds is 8. The summed E-state index contributed by atoms with van der Waals surface area (Å²) in [6.07, 6.45) is 4.94. The lowest BCUT2D eigenvalue weighted by molar-refractivity contribution is 0.0224. The zero-order chi connectivity index (χ0) is 23.0. The molecule has 1 saturated heterocycles. The van der Waals surface area contributed by atoms with Crippen LogP contribution in [0.25, 0.3) is 0 Å². The first-order chi connectivity index (χ1) is 16.1. The number of benzene rings is 1. The molecule has 4 aliphatic heterocycles. The maximum absolute atomic E-state index is 13.9. The first kappa shape index (κ1) is 21.8. The van der Waals surface area contributed by atoms with Crippen LogP contribution in [0.1, 0.15) is 45.1 Å². The Bertz CT molecular complexity index is 971. The van der Waals surface area contributed by atoms with Crippen molar-refractivity contribution >= 4 is 18.1 Å². The molecule has 1 spiro atoms. The van der Waals surface area contributed by atoms with Crippen molar-refractivity contribution in [1.29, 1.82) is 0 Å². The average molecular weight is 454 g/mol. The van der Waals surface area contributed by atoms with Gasteiger partial charge in [0.15, 0.2) is 6.17 Å². The first-order valence-electron chi connectivity index (χ1n) is 11.6. The van der Waals surface area contributed by atoms with Crippen molar-refractivity contribution in [3.05, 3.63) is 29.8 Å². The summed E-state index contributed by atoms with van der Waals surface area (Å²) >= 11 is 0. The summed E-state index contributed by atoms with van der Waals surface area (Å²) in [5, 5.41) is 14.5. The van der Waals surface area contributed by atoms with Gasteiger partial charge in [-0.3, -0.25) is 19.8 Å². The van der Waals surface area contributed by atoms with Crippen LogP contribution in [0.15, 0.2) is 44.5 Å². The van der Waals surface area contributed by atoms with Crippen LogP contribution in [0, 0.1) is 0 Å². The van der Waals surface area contributed by atoms with Crippen LogP contribution in [-0.4, -0.2) is 71.0 Å². The van der Waals surface area contributed by atoms with Crippen molar-refractivity contribution in [1.82, 2.24) is 25.6 Å². The summed E-state index contributed by atoms with van der Waals surface area (Å²) in [6.45, 7) is 4.90. The molecule has 4 heterocycles. The van der Waals surface area contributed by atoms with Crippen LogP contribution in [0.5, 0.6) is 5.75 Å². The molecule has 0 saturated carbocycles. The van der Waals surface area contributed by atoms with Crippen molar-refractivity contribution in [2.24, 2.45) is 20.2 Å². The minimum atomic E-state index is -1.04. The van der Waals surface area contributed by atoms with Crippen LogP contribution < -0.4 is 15.5 Å². The number of unbranched alkanes of at least 4 members (excludes halogenated alkanes) is 2. The first-order valence-corrected chi connectivity index (χ1v) is 11.6. The van der Waals surface area contributed by atoms with E-state index in [1.165, 1.54) is 0 Å². The molecule has 33 heavy (non-hydrogen) atoms. The number of carbonyl (C=O) groups is 1. The molecule has 2 amide bonds. The normalized spacial score (nSPS) is 30.5. The fourth-order valence-electron chi connectivity index (χ4n) is 4.90. The zero-order valence-electron chi connectivity index (χ0n) is 19.3. The van der Waals surface area contributed by atoms with Crippen LogP contribution >= 0.6 is 0 Å². The van der Waals surface area contributed by atoms with E-state index in [-0.39, 0.29) is 18.4 Å². The lowest BCUT2D eigenvalue weighted by Crippen LogP contribution is -2.76. The molecule has 1 aromatic rings. The van der Waals surface area contributed by atoms with Crippen molar-refractivity contribution in [2.45, 2.75) is 70.4 Å². The molecule has 4 unspecified atom stereocenters. The summed E-state index contributed by atoms with van der Waals surface area (Å²) < 4.78 is 5.29. The molecule has 176 valence electrons. The molecule has 4 atom stereocenters. The van der Waals surface area contributed by atoms with Gasteiger partial charge in [-0.15, -0.1) is 5.11 Å². The molecule has 5 rings (SSSR count). The van der Waals surface area contributed by atoms with E-state index in [4.69, 9.17) is 9.73 Å². The van der Waals surface area contributed by atoms with Gasteiger partial charge in [0.05, 0.1) is 13.4 Å². The number of urea groups is 1. The fourth-order valence-corrected chi connectivity index (χ4v) is 4.90.